The van der Waals surface area contributed by atoms with Crippen LogP contribution in [0.1, 0.15) is 17.5 Å². The lowest BCUT2D eigenvalue weighted by Gasteiger charge is -2.12. The smallest absolute Gasteiger partial charge is 0.241 e. The molecular weight excluding hydrogens is 282 g/mol. The molecule has 4 heteroatoms. The standard InChI is InChI=1S/C18H18F2N2/c1-21-13-16(12-17(19)20)22-18(14-8-4-2-5-9-14)15-10-6-3-7-11-15/h2-11,13,16-17H,12H2,1H3/b21-13+. The summed E-state index contributed by atoms with van der Waals surface area (Å²) in [5, 5.41) is 0. The summed E-state index contributed by atoms with van der Waals surface area (Å²) in [6.07, 6.45) is -1.28. The van der Waals surface area contributed by atoms with Crippen LogP contribution in [-0.4, -0.2) is 31.4 Å². The van der Waals surface area contributed by atoms with Gasteiger partial charge >= 0.3 is 0 Å². The Hall–Kier alpha value is -2.36. The van der Waals surface area contributed by atoms with E-state index in [4.69, 9.17) is 0 Å². The van der Waals surface area contributed by atoms with Crippen LogP contribution in [0.2, 0.25) is 0 Å². The van der Waals surface area contributed by atoms with Gasteiger partial charge in [-0.1, -0.05) is 60.7 Å². The maximum atomic E-state index is 12.7. The largest absolute Gasteiger partial charge is 0.299 e. The predicted octanol–water partition coefficient (Wildman–Crippen LogP) is 4.25. The Labute approximate surface area is 129 Å². The van der Waals surface area contributed by atoms with E-state index >= 15 is 0 Å². The van der Waals surface area contributed by atoms with E-state index in [1.54, 1.807) is 7.05 Å². The molecule has 0 radical (unpaired) electrons. The quantitative estimate of drug-likeness (QED) is 0.713. The summed E-state index contributed by atoms with van der Waals surface area (Å²) < 4.78 is 25.5. The van der Waals surface area contributed by atoms with Crippen LogP contribution in [-0.2, 0) is 0 Å². The normalized spacial score (nSPS) is 12.5. The van der Waals surface area contributed by atoms with Crippen molar-refractivity contribution in [2.45, 2.75) is 18.9 Å². The summed E-state index contributed by atoms with van der Waals surface area (Å²) in [6.45, 7) is 0. The fourth-order valence-electron chi connectivity index (χ4n) is 2.18. The van der Waals surface area contributed by atoms with Gasteiger partial charge in [-0.05, 0) is 0 Å². The van der Waals surface area contributed by atoms with Crippen molar-refractivity contribution in [3.63, 3.8) is 0 Å². The van der Waals surface area contributed by atoms with Crippen molar-refractivity contribution in [1.29, 1.82) is 0 Å². The van der Waals surface area contributed by atoms with E-state index in [-0.39, 0.29) is 6.42 Å². The fourth-order valence-corrected chi connectivity index (χ4v) is 2.18. The summed E-state index contributed by atoms with van der Waals surface area (Å²) in [5.74, 6) is 0. The molecular formula is C18H18F2N2. The highest BCUT2D eigenvalue weighted by Gasteiger charge is 2.15. The first-order valence-corrected chi connectivity index (χ1v) is 7.09. The van der Waals surface area contributed by atoms with E-state index in [0.717, 1.165) is 11.1 Å². The van der Waals surface area contributed by atoms with Gasteiger partial charge in [0.15, 0.2) is 0 Å². The van der Waals surface area contributed by atoms with Gasteiger partial charge in [-0.3, -0.25) is 9.98 Å². The van der Waals surface area contributed by atoms with Crippen LogP contribution in [0.25, 0.3) is 0 Å². The van der Waals surface area contributed by atoms with Crippen molar-refractivity contribution in [2.75, 3.05) is 7.05 Å². The molecule has 0 heterocycles. The number of hydrogen-bond acceptors (Lipinski definition) is 2. The number of hydrogen-bond donors (Lipinski definition) is 0. The van der Waals surface area contributed by atoms with Crippen molar-refractivity contribution in [3.8, 4) is 0 Å². The Kier molecular flexibility index (Phi) is 5.95. The van der Waals surface area contributed by atoms with Crippen LogP contribution in [0.3, 0.4) is 0 Å². The Bertz CT molecular complexity index is 581. The number of aliphatic imine (C=N–C) groups is 2. The molecule has 0 aliphatic carbocycles. The van der Waals surface area contributed by atoms with Crippen molar-refractivity contribution in [2.24, 2.45) is 9.98 Å². The van der Waals surface area contributed by atoms with Crippen LogP contribution in [0.5, 0.6) is 0 Å². The molecule has 114 valence electrons. The van der Waals surface area contributed by atoms with Crippen LogP contribution in [0, 0.1) is 0 Å². The summed E-state index contributed by atoms with van der Waals surface area (Å²) in [5.41, 5.74) is 2.50. The lowest BCUT2D eigenvalue weighted by Crippen LogP contribution is -2.16. The summed E-state index contributed by atoms with van der Waals surface area (Å²) in [7, 11) is 1.57. The lowest BCUT2D eigenvalue weighted by molar-refractivity contribution is 0.136. The maximum absolute atomic E-state index is 12.7. The van der Waals surface area contributed by atoms with Gasteiger partial charge < -0.3 is 0 Å². The molecule has 0 saturated carbocycles. The first kappa shape index (κ1) is 16.0. The molecule has 2 rings (SSSR count). The fraction of sp³-hybridized carbons (Fsp3) is 0.222. The van der Waals surface area contributed by atoms with E-state index < -0.39 is 12.5 Å². The first-order chi connectivity index (χ1) is 10.7. The molecule has 2 aromatic rings. The first-order valence-electron chi connectivity index (χ1n) is 7.09. The minimum Gasteiger partial charge on any atom is -0.299 e. The molecule has 0 amide bonds. The third kappa shape index (κ3) is 4.58. The summed E-state index contributed by atoms with van der Waals surface area (Å²) in [4.78, 5) is 8.40. The number of alkyl halides is 2. The van der Waals surface area contributed by atoms with Gasteiger partial charge in [0.05, 0.1) is 11.8 Å². The zero-order valence-corrected chi connectivity index (χ0v) is 12.4. The highest BCUT2D eigenvalue weighted by Crippen LogP contribution is 2.14. The molecule has 2 aromatic carbocycles. The predicted molar refractivity (Wildman–Crippen MR) is 87.3 cm³/mol. The zero-order valence-electron chi connectivity index (χ0n) is 12.4. The molecule has 22 heavy (non-hydrogen) atoms. The number of halogens is 2. The minimum absolute atomic E-state index is 0.333. The lowest BCUT2D eigenvalue weighted by atomic mass is 10.0. The van der Waals surface area contributed by atoms with Crippen LogP contribution < -0.4 is 0 Å². The van der Waals surface area contributed by atoms with Gasteiger partial charge in [0.1, 0.15) is 0 Å². The third-order valence-corrected chi connectivity index (χ3v) is 3.13. The van der Waals surface area contributed by atoms with Crippen molar-refractivity contribution < 1.29 is 8.78 Å². The molecule has 0 fully saturated rings. The van der Waals surface area contributed by atoms with Crippen LogP contribution in [0.4, 0.5) is 8.78 Å². The second-order valence-electron chi connectivity index (χ2n) is 4.81. The molecule has 1 atom stereocenters. The van der Waals surface area contributed by atoms with E-state index in [9.17, 15) is 8.78 Å². The van der Waals surface area contributed by atoms with E-state index in [1.165, 1.54) is 6.21 Å². The number of rotatable bonds is 6. The molecule has 0 bridgehead atoms. The summed E-state index contributed by atoms with van der Waals surface area (Å²) >= 11 is 0. The van der Waals surface area contributed by atoms with Crippen LogP contribution in [0.15, 0.2) is 70.6 Å². The SMILES string of the molecule is C/N=C/C(CC(F)F)N=C(c1ccccc1)c1ccccc1. The molecule has 0 aliphatic rings. The van der Waals surface area contributed by atoms with E-state index in [0.29, 0.717) is 5.71 Å². The third-order valence-electron chi connectivity index (χ3n) is 3.13. The number of nitrogens with zero attached hydrogens (tertiary/aromatic N) is 2. The average Bonchev–Trinajstić information content (AvgIpc) is 2.54. The minimum atomic E-state index is -2.42. The van der Waals surface area contributed by atoms with Crippen molar-refractivity contribution in [1.82, 2.24) is 0 Å². The molecule has 0 spiro atoms. The highest BCUT2D eigenvalue weighted by atomic mass is 19.3. The second kappa shape index (κ2) is 8.17. The van der Waals surface area contributed by atoms with Crippen LogP contribution >= 0.6 is 0 Å². The van der Waals surface area contributed by atoms with Gasteiger partial charge in [-0.25, -0.2) is 8.78 Å². The van der Waals surface area contributed by atoms with Crippen molar-refractivity contribution in [3.05, 3.63) is 71.8 Å². The van der Waals surface area contributed by atoms with Gasteiger partial charge in [0.2, 0.25) is 6.43 Å². The highest BCUT2D eigenvalue weighted by molar-refractivity contribution is 6.13. The molecule has 0 N–H and O–H groups in total. The second-order valence-corrected chi connectivity index (χ2v) is 4.81. The van der Waals surface area contributed by atoms with Gasteiger partial charge in [-0.15, -0.1) is 0 Å². The van der Waals surface area contributed by atoms with E-state index in [2.05, 4.69) is 9.98 Å². The van der Waals surface area contributed by atoms with Gasteiger partial charge in [-0.2, -0.15) is 0 Å². The Morgan fingerprint density at radius 3 is 1.86 bits per heavy atom. The average molecular weight is 300 g/mol. The van der Waals surface area contributed by atoms with Gasteiger partial charge in [0, 0.05) is 30.8 Å². The Balaban J connectivity index is 2.45. The van der Waals surface area contributed by atoms with Gasteiger partial charge in [0.25, 0.3) is 0 Å². The molecule has 0 saturated heterocycles. The Morgan fingerprint density at radius 1 is 0.955 bits per heavy atom. The monoisotopic (exact) mass is 300 g/mol. The number of benzene rings is 2. The van der Waals surface area contributed by atoms with Crippen molar-refractivity contribution >= 4 is 11.9 Å². The molecule has 2 nitrogen and oxygen atoms in total. The molecule has 1 unspecified atom stereocenters. The topological polar surface area (TPSA) is 24.7 Å². The summed E-state index contributed by atoms with van der Waals surface area (Å²) in [6, 6.07) is 18.5. The molecule has 0 aliphatic heterocycles. The Morgan fingerprint density at radius 2 is 1.45 bits per heavy atom. The van der Waals surface area contributed by atoms with E-state index in [1.807, 2.05) is 60.7 Å². The maximum Gasteiger partial charge on any atom is 0.241 e. The molecule has 0 aromatic heterocycles. The zero-order chi connectivity index (χ0) is 15.8.